The maximum absolute atomic E-state index is 12.0. The van der Waals surface area contributed by atoms with Gasteiger partial charge in [-0.3, -0.25) is 14.7 Å². The number of aromatic nitrogens is 3. The first-order valence-corrected chi connectivity index (χ1v) is 6.24. The molecule has 19 heavy (non-hydrogen) atoms. The van der Waals surface area contributed by atoms with E-state index in [0.717, 1.165) is 25.0 Å². The normalized spacial score (nSPS) is 17.8. The SMILES string of the molecule is O=C(N[C@@H]1CCc2cn[nH]c2C1)c1cccc(=O)[nH]1. The topological polar surface area (TPSA) is 90.6 Å². The van der Waals surface area contributed by atoms with Gasteiger partial charge in [-0.2, -0.15) is 5.10 Å². The molecule has 98 valence electrons. The van der Waals surface area contributed by atoms with E-state index in [2.05, 4.69) is 20.5 Å². The van der Waals surface area contributed by atoms with E-state index < -0.39 is 0 Å². The number of carbonyl (C=O) groups excluding carboxylic acids is 1. The molecular weight excluding hydrogens is 244 g/mol. The van der Waals surface area contributed by atoms with Gasteiger partial charge in [0.15, 0.2) is 0 Å². The van der Waals surface area contributed by atoms with E-state index in [0.29, 0.717) is 5.69 Å². The maximum Gasteiger partial charge on any atom is 0.268 e. The third kappa shape index (κ3) is 2.42. The van der Waals surface area contributed by atoms with E-state index in [1.54, 1.807) is 12.1 Å². The van der Waals surface area contributed by atoms with Crippen molar-refractivity contribution in [3.05, 3.63) is 51.7 Å². The lowest BCUT2D eigenvalue weighted by Gasteiger charge is -2.22. The lowest BCUT2D eigenvalue weighted by Crippen LogP contribution is -2.39. The standard InChI is InChI=1S/C13H14N4O2/c18-12-3-1-2-10(16-12)13(19)15-9-5-4-8-7-14-17-11(8)6-9/h1-3,7,9H,4-6H2,(H,14,17)(H,15,19)(H,16,18)/t9-/m1/s1. The number of carbonyl (C=O) groups is 1. The number of aryl methyl sites for hydroxylation is 1. The van der Waals surface area contributed by atoms with E-state index >= 15 is 0 Å². The Balaban J connectivity index is 1.70. The van der Waals surface area contributed by atoms with Gasteiger partial charge in [0.2, 0.25) is 5.56 Å². The Morgan fingerprint density at radius 3 is 3.16 bits per heavy atom. The molecule has 1 atom stereocenters. The quantitative estimate of drug-likeness (QED) is 0.727. The first kappa shape index (κ1) is 11.7. The number of amides is 1. The zero-order valence-corrected chi connectivity index (χ0v) is 10.3. The van der Waals surface area contributed by atoms with Crippen LogP contribution in [0.25, 0.3) is 0 Å². The number of nitrogens with one attached hydrogen (secondary N) is 3. The number of hydrogen-bond donors (Lipinski definition) is 3. The van der Waals surface area contributed by atoms with Gasteiger partial charge in [-0.1, -0.05) is 6.07 Å². The number of aromatic amines is 2. The van der Waals surface area contributed by atoms with E-state index in [9.17, 15) is 9.59 Å². The summed E-state index contributed by atoms with van der Waals surface area (Å²) in [6.07, 6.45) is 4.37. The van der Waals surface area contributed by atoms with Gasteiger partial charge in [0.1, 0.15) is 5.69 Å². The van der Waals surface area contributed by atoms with Crippen molar-refractivity contribution < 1.29 is 4.79 Å². The number of fused-ring (bicyclic) bond motifs is 1. The lowest BCUT2D eigenvalue weighted by atomic mass is 9.94. The molecule has 0 aromatic carbocycles. The van der Waals surface area contributed by atoms with E-state index in [-0.39, 0.29) is 17.5 Å². The molecule has 1 aliphatic rings. The van der Waals surface area contributed by atoms with Crippen molar-refractivity contribution in [3.8, 4) is 0 Å². The Kier molecular flexibility index (Phi) is 2.91. The molecule has 0 bridgehead atoms. The van der Waals surface area contributed by atoms with Gasteiger partial charge in [-0.05, 0) is 24.5 Å². The van der Waals surface area contributed by atoms with Crippen LogP contribution < -0.4 is 10.9 Å². The zero-order valence-electron chi connectivity index (χ0n) is 10.3. The van der Waals surface area contributed by atoms with Crippen molar-refractivity contribution in [2.24, 2.45) is 0 Å². The summed E-state index contributed by atoms with van der Waals surface area (Å²) < 4.78 is 0. The van der Waals surface area contributed by atoms with Gasteiger partial charge in [0.05, 0.1) is 6.20 Å². The molecule has 0 aliphatic heterocycles. The van der Waals surface area contributed by atoms with Gasteiger partial charge >= 0.3 is 0 Å². The van der Waals surface area contributed by atoms with Crippen LogP contribution in [-0.2, 0) is 12.8 Å². The predicted octanol–water partition coefficient (Wildman–Crippen LogP) is 0.385. The minimum atomic E-state index is -0.271. The third-order valence-electron chi connectivity index (χ3n) is 3.37. The molecule has 0 spiro atoms. The van der Waals surface area contributed by atoms with Crippen LogP contribution >= 0.6 is 0 Å². The molecule has 2 heterocycles. The average molecular weight is 258 g/mol. The lowest BCUT2D eigenvalue weighted by molar-refractivity contribution is 0.0928. The maximum atomic E-state index is 12.0. The second kappa shape index (κ2) is 4.72. The summed E-state index contributed by atoms with van der Waals surface area (Å²) in [6.45, 7) is 0. The molecule has 1 amide bonds. The minimum Gasteiger partial charge on any atom is -0.348 e. The highest BCUT2D eigenvalue weighted by molar-refractivity contribution is 5.92. The number of pyridine rings is 1. The highest BCUT2D eigenvalue weighted by atomic mass is 16.2. The van der Waals surface area contributed by atoms with Crippen molar-refractivity contribution in [2.45, 2.75) is 25.3 Å². The molecule has 6 nitrogen and oxygen atoms in total. The van der Waals surface area contributed by atoms with Crippen LogP contribution in [0, 0.1) is 0 Å². The second-order valence-electron chi connectivity index (χ2n) is 4.72. The molecular formula is C13H14N4O2. The summed E-state index contributed by atoms with van der Waals surface area (Å²) >= 11 is 0. The minimum absolute atomic E-state index is 0.0733. The molecule has 0 unspecified atom stereocenters. The van der Waals surface area contributed by atoms with Crippen LogP contribution in [0.3, 0.4) is 0 Å². The first-order valence-electron chi connectivity index (χ1n) is 6.24. The highest BCUT2D eigenvalue weighted by Crippen LogP contribution is 2.18. The molecule has 2 aromatic heterocycles. The van der Waals surface area contributed by atoms with Crippen LogP contribution in [0.2, 0.25) is 0 Å². The van der Waals surface area contributed by atoms with E-state index in [4.69, 9.17) is 0 Å². The fraction of sp³-hybridized carbons (Fsp3) is 0.308. The second-order valence-corrected chi connectivity index (χ2v) is 4.72. The average Bonchev–Trinajstić information content (AvgIpc) is 2.86. The number of rotatable bonds is 2. The fourth-order valence-corrected chi connectivity index (χ4v) is 2.37. The predicted molar refractivity (Wildman–Crippen MR) is 68.9 cm³/mol. The summed E-state index contributed by atoms with van der Waals surface area (Å²) in [4.78, 5) is 25.7. The molecule has 0 saturated heterocycles. The fourth-order valence-electron chi connectivity index (χ4n) is 2.37. The first-order chi connectivity index (χ1) is 9.22. The van der Waals surface area contributed by atoms with Crippen LogP contribution in [0.15, 0.2) is 29.2 Å². The summed E-state index contributed by atoms with van der Waals surface area (Å²) in [5.74, 6) is -0.245. The molecule has 3 N–H and O–H groups in total. The summed E-state index contributed by atoms with van der Waals surface area (Å²) in [5.41, 5.74) is 2.33. The molecule has 0 radical (unpaired) electrons. The molecule has 6 heteroatoms. The van der Waals surface area contributed by atoms with Crippen molar-refractivity contribution in [2.75, 3.05) is 0 Å². The van der Waals surface area contributed by atoms with Crippen molar-refractivity contribution >= 4 is 5.91 Å². The number of hydrogen-bond acceptors (Lipinski definition) is 3. The molecule has 0 fully saturated rings. The zero-order chi connectivity index (χ0) is 13.2. The van der Waals surface area contributed by atoms with Gasteiger partial charge < -0.3 is 10.3 Å². The van der Waals surface area contributed by atoms with Gasteiger partial charge in [0, 0.05) is 24.2 Å². The molecule has 3 rings (SSSR count). The summed E-state index contributed by atoms with van der Waals surface area (Å²) in [6, 6.07) is 4.63. The number of H-pyrrole nitrogens is 2. The third-order valence-corrected chi connectivity index (χ3v) is 3.37. The van der Waals surface area contributed by atoms with Crippen LogP contribution in [-0.4, -0.2) is 27.1 Å². The van der Waals surface area contributed by atoms with Gasteiger partial charge in [0.25, 0.3) is 5.91 Å². The van der Waals surface area contributed by atoms with Gasteiger partial charge in [-0.25, -0.2) is 0 Å². The molecule has 1 aliphatic carbocycles. The Morgan fingerprint density at radius 1 is 1.42 bits per heavy atom. The van der Waals surface area contributed by atoms with Crippen molar-refractivity contribution in [3.63, 3.8) is 0 Å². The Bertz CT molecular complexity index is 658. The largest absolute Gasteiger partial charge is 0.348 e. The van der Waals surface area contributed by atoms with Crippen LogP contribution in [0.5, 0.6) is 0 Å². The van der Waals surface area contributed by atoms with Crippen molar-refractivity contribution in [1.29, 1.82) is 0 Å². The molecule has 0 saturated carbocycles. The monoisotopic (exact) mass is 258 g/mol. The van der Waals surface area contributed by atoms with Crippen molar-refractivity contribution in [1.82, 2.24) is 20.5 Å². The Hall–Kier alpha value is -2.37. The van der Waals surface area contributed by atoms with Crippen LogP contribution in [0.1, 0.15) is 28.2 Å². The summed E-state index contributed by atoms with van der Waals surface area (Å²) in [5, 5.41) is 9.89. The Morgan fingerprint density at radius 2 is 2.32 bits per heavy atom. The van der Waals surface area contributed by atoms with E-state index in [1.807, 2.05) is 6.20 Å². The highest BCUT2D eigenvalue weighted by Gasteiger charge is 2.22. The smallest absolute Gasteiger partial charge is 0.268 e. The number of nitrogens with zero attached hydrogens (tertiary/aromatic N) is 1. The van der Waals surface area contributed by atoms with E-state index in [1.165, 1.54) is 11.6 Å². The summed E-state index contributed by atoms with van der Waals surface area (Å²) in [7, 11) is 0. The Labute approximate surface area is 109 Å². The van der Waals surface area contributed by atoms with Gasteiger partial charge in [-0.15, -0.1) is 0 Å². The van der Waals surface area contributed by atoms with Crippen LogP contribution in [0.4, 0.5) is 0 Å². The molecule has 2 aromatic rings.